The predicted octanol–water partition coefficient (Wildman–Crippen LogP) is 4.80. The Hall–Kier alpha value is -3.72. The third-order valence-corrected chi connectivity index (χ3v) is 6.87. The Balaban J connectivity index is 1.31. The molecule has 1 aliphatic heterocycles. The second kappa shape index (κ2) is 10.9. The van der Waals surface area contributed by atoms with Gasteiger partial charge in [0.2, 0.25) is 0 Å². The van der Waals surface area contributed by atoms with Gasteiger partial charge in [0.15, 0.2) is 11.5 Å². The highest BCUT2D eigenvalue weighted by molar-refractivity contribution is 5.92. The minimum absolute atomic E-state index is 0.347. The number of piperidine rings is 1. The second-order valence-electron chi connectivity index (χ2n) is 10.9. The van der Waals surface area contributed by atoms with E-state index in [0.717, 1.165) is 72.8 Å². The standard InChI is InChI=1S/C29H37N7O2/c1-5-30-18-21-13-16-36-25(17-21)33-34-27(36)23-10-9-22-7-6-8-24(26(22)32-23)35-14-11-20(12-15-35)19-31-28(37)38-29(2,3)4/h6-10,13,16-17,20,30H,5,11-12,14-15,18-19H2,1-4H3,(H,31,37). The van der Waals surface area contributed by atoms with Gasteiger partial charge in [0, 0.05) is 37.8 Å². The molecule has 1 aromatic carbocycles. The average Bonchev–Trinajstić information content (AvgIpc) is 3.33. The lowest BCUT2D eigenvalue weighted by Crippen LogP contribution is -2.40. The van der Waals surface area contributed by atoms with E-state index in [4.69, 9.17) is 9.72 Å². The van der Waals surface area contributed by atoms with Crippen molar-refractivity contribution in [1.82, 2.24) is 30.2 Å². The fraction of sp³-hybridized carbons (Fsp3) is 0.448. The van der Waals surface area contributed by atoms with Crippen molar-refractivity contribution in [3.05, 3.63) is 54.2 Å². The number of hydrogen-bond donors (Lipinski definition) is 2. The summed E-state index contributed by atoms with van der Waals surface area (Å²) in [5.74, 6) is 1.16. The van der Waals surface area contributed by atoms with E-state index in [1.807, 2.05) is 37.4 Å². The zero-order valence-corrected chi connectivity index (χ0v) is 22.7. The number of carbonyl (C=O) groups excluding carboxylic acids is 1. The molecule has 9 nitrogen and oxygen atoms in total. The summed E-state index contributed by atoms with van der Waals surface area (Å²) in [7, 11) is 0. The maximum absolute atomic E-state index is 12.0. The maximum atomic E-state index is 12.0. The molecule has 2 N–H and O–H groups in total. The quantitative estimate of drug-likeness (QED) is 0.365. The summed E-state index contributed by atoms with van der Waals surface area (Å²) >= 11 is 0. The van der Waals surface area contributed by atoms with Gasteiger partial charge < -0.3 is 20.3 Å². The Bertz CT molecular complexity index is 1420. The van der Waals surface area contributed by atoms with Crippen LogP contribution in [0.25, 0.3) is 28.1 Å². The molecule has 3 aromatic heterocycles. The van der Waals surface area contributed by atoms with Crippen molar-refractivity contribution in [2.45, 2.75) is 52.7 Å². The number of nitrogens with zero attached hydrogens (tertiary/aromatic N) is 5. The van der Waals surface area contributed by atoms with Gasteiger partial charge in [-0.1, -0.05) is 25.1 Å². The molecule has 1 amide bonds. The largest absolute Gasteiger partial charge is 0.444 e. The molecule has 9 heteroatoms. The first-order chi connectivity index (χ1) is 18.3. The summed E-state index contributed by atoms with van der Waals surface area (Å²) in [5.41, 5.74) is 4.40. The molecule has 0 spiro atoms. The van der Waals surface area contributed by atoms with E-state index >= 15 is 0 Å². The van der Waals surface area contributed by atoms with Gasteiger partial charge in [0.1, 0.15) is 11.3 Å². The van der Waals surface area contributed by atoms with Crippen LogP contribution in [0.2, 0.25) is 0 Å². The number of ether oxygens (including phenoxy) is 1. The third kappa shape index (κ3) is 5.88. The maximum Gasteiger partial charge on any atom is 0.407 e. The number of carbonyl (C=O) groups is 1. The van der Waals surface area contributed by atoms with Gasteiger partial charge in [0.05, 0.1) is 11.2 Å². The zero-order valence-electron chi connectivity index (χ0n) is 22.7. The van der Waals surface area contributed by atoms with Crippen LogP contribution in [0.5, 0.6) is 0 Å². The lowest BCUT2D eigenvalue weighted by atomic mass is 9.96. The van der Waals surface area contributed by atoms with E-state index < -0.39 is 5.60 Å². The van der Waals surface area contributed by atoms with Crippen LogP contribution < -0.4 is 15.5 Å². The van der Waals surface area contributed by atoms with Crippen molar-refractivity contribution in [3.8, 4) is 11.5 Å². The summed E-state index contributed by atoms with van der Waals surface area (Å²) in [6, 6.07) is 14.6. The Morgan fingerprint density at radius 2 is 1.92 bits per heavy atom. The van der Waals surface area contributed by atoms with Crippen LogP contribution in [0.3, 0.4) is 0 Å². The molecule has 0 bridgehead atoms. The number of nitrogens with one attached hydrogen (secondary N) is 2. The van der Waals surface area contributed by atoms with Gasteiger partial charge in [-0.2, -0.15) is 0 Å². The molecule has 0 radical (unpaired) electrons. The van der Waals surface area contributed by atoms with Crippen LogP contribution in [0.15, 0.2) is 48.7 Å². The van der Waals surface area contributed by atoms with E-state index in [1.165, 1.54) is 5.56 Å². The molecular formula is C29H37N7O2. The highest BCUT2D eigenvalue weighted by Crippen LogP contribution is 2.31. The van der Waals surface area contributed by atoms with E-state index in [1.54, 1.807) is 0 Å². The summed E-state index contributed by atoms with van der Waals surface area (Å²) < 4.78 is 7.37. The first-order valence-corrected chi connectivity index (χ1v) is 13.5. The number of aromatic nitrogens is 4. The molecule has 0 aliphatic carbocycles. The number of pyridine rings is 2. The first-order valence-electron chi connectivity index (χ1n) is 13.5. The van der Waals surface area contributed by atoms with Crippen molar-refractivity contribution in [2.24, 2.45) is 5.92 Å². The molecule has 4 aromatic rings. The Morgan fingerprint density at radius 3 is 2.68 bits per heavy atom. The predicted molar refractivity (Wildman–Crippen MR) is 150 cm³/mol. The fourth-order valence-electron chi connectivity index (χ4n) is 4.92. The zero-order chi connectivity index (χ0) is 26.7. The molecule has 1 fully saturated rings. The topological polar surface area (TPSA) is 96.7 Å². The number of alkyl carbamates (subject to hydrolysis) is 1. The average molecular weight is 516 g/mol. The van der Waals surface area contributed by atoms with Crippen LogP contribution in [0.1, 0.15) is 46.1 Å². The lowest BCUT2D eigenvalue weighted by Gasteiger charge is -2.34. The SMILES string of the molecule is CCNCc1ccn2c(-c3ccc4cccc(N5CCC(CNC(=O)OC(C)(C)C)CC5)c4n3)nnc2c1. The summed E-state index contributed by atoms with van der Waals surface area (Å²) in [6.07, 6.45) is 3.66. The van der Waals surface area contributed by atoms with Crippen LogP contribution in [-0.2, 0) is 11.3 Å². The Morgan fingerprint density at radius 1 is 1.11 bits per heavy atom. The van der Waals surface area contributed by atoms with E-state index in [9.17, 15) is 4.79 Å². The van der Waals surface area contributed by atoms with Gasteiger partial charge in [-0.15, -0.1) is 10.2 Å². The van der Waals surface area contributed by atoms with Crippen molar-refractivity contribution in [2.75, 3.05) is 31.1 Å². The van der Waals surface area contributed by atoms with Crippen molar-refractivity contribution >= 4 is 28.3 Å². The molecule has 200 valence electrons. The Labute approximate surface area is 223 Å². The fourth-order valence-corrected chi connectivity index (χ4v) is 4.92. The number of hydrogen-bond acceptors (Lipinski definition) is 7. The van der Waals surface area contributed by atoms with Crippen molar-refractivity contribution in [1.29, 1.82) is 0 Å². The minimum Gasteiger partial charge on any atom is -0.444 e. The van der Waals surface area contributed by atoms with Gasteiger partial charge in [0.25, 0.3) is 0 Å². The number of anilines is 1. The molecule has 0 unspecified atom stereocenters. The molecule has 5 rings (SSSR count). The highest BCUT2D eigenvalue weighted by atomic mass is 16.6. The van der Waals surface area contributed by atoms with Crippen molar-refractivity contribution < 1.29 is 9.53 Å². The molecule has 1 saturated heterocycles. The minimum atomic E-state index is -0.485. The van der Waals surface area contributed by atoms with Crippen molar-refractivity contribution in [3.63, 3.8) is 0 Å². The van der Waals surface area contributed by atoms with Crippen LogP contribution in [0, 0.1) is 5.92 Å². The van der Waals surface area contributed by atoms with E-state index in [-0.39, 0.29) is 6.09 Å². The number of rotatable bonds is 7. The number of amides is 1. The van der Waals surface area contributed by atoms with Gasteiger partial charge in [-0.3, -0.25) is 4.40 Å². The van der Waals surface area contributed by atoms with Crippen LogP contribution in [-0.4, -0.2) is 57.5 Å². The van der Waals surface area contributed by atoms with E-state index in [0.29, 0.717) is 12.5 Å². The molecular weight excluding hydrogens is 478 g/mol. The summed E-state index contributed by atoms with van der Waals surface area (Å²) in [4.78, 5) is 19.5. The second-order valence-corrected chi connectivity index (χ2v) is 10.9. The number of benzene rings is 1. The third-order valence-electron chi connectivity index (χ3n) is 6.87. The smallest absolute Gasteiger partial charge is 0.407 e. The first kappa shape index (κ1) is 25.9. The van der Waals surface area contributed by atoms with Gasteiger partial charge >= 0.3 is 6.09 Å². The van der Waals surface area contributed by atoms with Gasteiger partial charge in [-0.25, -0.2) is 9.78 Å². The normalized spacial score (nSPS) is 14.8. The van der Waals surface area contributed by atoms with Crippen LogP contribution >= 0.6 is 0 Å². The van der Waals surface area contributed by atoms with Crippen LogP contribution in [0.4, 0.5) is 10.5 Å². The highest BCUT2D eigenvalue weighted by Gasteiger charge is 2.23. The molecule has 4 heterocycles. The number of fused-ring (bicyclic) bond motifs is 2. The Kier molecular flexibility index (Phi) is 7.46. The molecule has 1 aliphatic rings. The lowest BCUT2D eigenvalue weighted by molar-refractivity contribution is 0.0517. The van der Waals surface area contributed by atoms with E-state index in [2.05, 4.69) is 69.1 Å². The molecule has 38 heavy (non-hydrogen) atoms. The summed E-state index contributed by atoms with van der Waals surface area (Å²) in [5, 5.41) is 16.3. The monoisotopic (exact) mass is 515 g/mol. The molecule has 0 atom stereocenters. The number of para-hydroxylation sites is 1. The van der Waals surface area contributed by atoms with Gasteiger partial charge in [-0.05, 0) is 75.9 Å². The molecule has 0 saturated carbocycles. The summed E-state index contributed by atoms with van der Waals surface area (Å²) in [6.45, 7) is 11.9.